The Kier molecular flexibility index (Phi) is 6.05. The summed E-state index contributed by atoms with van der Waals surface area (Å²) < 4.78 is 6.10. The summed E-state index contributed by atoms with van der Waals surface area (Å²) >= 11 is -3.16. The van der Waals surface area contributed by atoms with Crippen LogP contribution in [0.4, 0.5) is 0 Å². The minimum absolute atomic E-state index is 0.252. The van der Waals surface area contributed by atoms with E-state index < -0.39 is 20.0 Å². The molecule has 1 saturated carbocycles. The van der Waals surface area contributed by atoms with Crippen LogP contribution in [0, 0.1) is 5.41 Å². The first-order valence-corrected chi connectivity index (χ1v) is 27.3. The molecule has 2 atom stereocenters. The van der Waals surface area contributed by atoms with Crippen molar-refractivity contribution in [1.29, 1.82) is 0 Å². The maximum absolute atomic E-state index is 3.16. The van der Waals surface area contributed by atoms with Gasteiger partial charge in [-0.25, -0.2) is 0 Å². The van der Waals surface area contributed by atoms with Crippen LogP contribution in [0.5, 0.6) is 0 Å². The standard InChI is InChI=1S/C40H38.2CH3.Hf/c1-26(2)28-12-16-30(17-13-28)32-8-5-10-36-34(32)20-22-38(36)40(24-7-25-40)39-23-21-35-33(9-6-11-37(35)39)31-18-14-29(15-19-31)27(3)4;;;/h5-6,8-23,26-27H,7,24-25H2,1-4H3;2*1H3;. The third-order valence-electron chi connectivity index (χ3n) is 12.5. The van der Waals surface area contributed by atoms with Crippen molar-refractivity contribution in [1.82, 2.24) is 0 Å². The van der Waals surface area contributed by atoms with E-state index in [4.69, 9.17) is 0 Å². The van der Waals surface area contributed by atoms with E-state index in [1.165, 1.54) is 63.8 Å². The molecule has 0 N–H and O–H groups in total. The zero-order chi connectivity index (χ0) is 29.8. The molecule has 8 rings (SSSR count). The van der Waals surface area contributed by atoms with Gasteiger partial charge in [-0.05, 0) is 0 Å². The molecule has 216 valence electrons. The summed E-state index contributed by atoms with van der Waals surface area (Å²) in [6.45, 7) is 9.12. The Morgan fingerprint density at radius 2 is 0.977 bits per heavy atom. The van der Waals surface area contributed by atoms with Gasteiger partial charge >= 0.3 is 265 Å². The molecule has 3 aliphatic carbocycles. The number of fused-ring (bicyclic) bond motifs is 6. The molecule has 4 aromatic carbocycles. The minimum atomic E-state index is -3.16. The van der Waals surface area contributed by atoms with Crippen LogP contribution in [0.1, 0.15) is 92.2 Å². The summed E-state index contributed by atoms with van der Waals surface area (Å²) in [5.41, 5.74) is 15.0. The van der Waals surface area contributed by atoms with E-state index in [1.807, 2.05) is 0 Å². The van der Waals surface area contributed by atoms with Gasteiger partial charge in [0.25, 0.3) is 0 Å². The SMILES string of the molecule is CC(C)c1ccc(-c2cccc3c2C=C[C]32C3(CCC3)[C]3(C=Cc4c(-c5ccc(C(C)C)cc5)cccc43)[Hf]2([CH3])[CH3])cc1. The van der Waals surface area contributed by atoms with Crippen LogP contribution < -0.4 is 0 Å². The van der Waals surface area contributed by atoms with Crippen molar-refractivity contribution in [3.05, 3.63) is 130 Å². The third kappa shape index (κ3) is 3.26. The number of benzene rings is 4. The second-order valence-corrected chi connectivity index (χ2v) is 32.3. The first-order chi connectivity index (χ1) is 20.7. The maximum atomic E-state index is 2.80. The van der Waals surface area contributed by atoms with Gasteiger partial charge in [0.05, 0.1) is 0 Å². The van der Waals surface area contributed by atoms with Gasteiger partial charge in [-0.15, -0.1) is 0 Å². The molecular formula is C42H44Hf. The van der Waals surface area contributed by atoms with Crippen LogP contribution in [-0.4, -0.2) is 0 Å². The van der Waals surface area contributed by atoms with Crippen molar-refractivity contribution in [3.8, 4) is 22.3 Å². The number of hydrogen-bond donors (Lipinski definition) is 0. The molecule has 3 spiro atoms. The summed E-state index contributed by atoms with van der Waals surface area (Å²) in [6.07, 6.45) is 14.6. The normalized spacial score (nSPS) is 25.0. The van der Waals surface area contributed by atoms with E-state index >= 15 is 0 Å². The van der Waals surface area contributed by atoms with Crippen LogP contribution in [0.3, 0.4) is 0 Å². The van der Waals surface area contributed by atoms with E-state index in [-0.39, 0.29) is 6.34 Å². The van der Waals surface area contributed by atoms with Gasteiger partial charge in [0.2, 0.25) is 0 Å². The van der Waals surface area contributed by atoms with Crippen molar-refractivity contribution in [2.24, 2.45) is 5.41 Å². The summed E-state index contributed by atoms with van der Waals surface area (Å²) in [5, 5.41) is 0. The molecular weight excluding hydrogens is 683 g/mol. The molecule has 2 unspecified atom stereocenters. The predicted molar refractivity (Wildman–Crippen MR) is 181 cm³/mol. The Morgan fingerprint density at radius 1 is 0.558 bits per heavy atom. The van der Waals surface area contributed by atoms with Crippen molar-refractivity contribution in [2.75, 3.05) is 0 Å². The van der Waals surface area contributed by atoms with Gasteiger partial charge < -0.3 is 0 Å². The Balaban J connectivity index is 1.26. The second-order valence-electron chi connectivity index (χ2n) is 14.9. The molecule has 1 aliphatic heterocycles. The molecule has 4 aromatic rings. The molecule has 1 heteroatoms. The van der Waals surface area contributed by atoms with Gasteiger partial charge in [0, 0.05) is 0 Å². The average molecular weight is 727 g/mol. The molecule has 1 heterocycles. The van der Waals surface area contributed by atoms with Gasteiger partial charge in [-0.1, -0.05) is 0 Å². The quantitative estimate of drug-likeness (QED) is 0.184. The molecule has 43 heavy (non-hydrogen) atoms. The van der Waals surface area contributed by atoms with Crippen LogP contribution in [0.2, 0.25) is 9.36 Å². The van der Waals surface area contributed by atoms with E-state index in [0.29, 0.717) is 17.3 Å². The fourth-order valence-corrected chi connectivity index (χ4v) is 33.7. The van der Waals surface area contributed by atoms with E-state index in [1.54, 1.807) is 11.1 Å². The molecule has 2 fully saturated rings. The van der Waals surface area contributed by atoms with Gasteiger partial charge in [-0.2, -0.15) is 0 Å². The van der Waals surface area contributed by atoms with Gasteiger partial charge in [0.15, 0.2) is 0 Å². The fraction of sp³-hybridized carbons (Fsp3) is 0.333. The van der Waals surface area contributed by atoms with Gasteiger partial charge in [0.1, 0.15) is 0 Å². The van der Waals surface area contributed by atoms with Crippen LogP contribution in [0.15, 0.2) is 97.1 Å². The zero-order valence-corrected chi connectivity index (χ0v) is 30.3. The Bertz CT molecular complexity index is 1680. The zero-order valence-electron chi connectivity index (χ0n) is 26.7. The summed E-state index contributed by atoms with van der Waals surface area (Å²) in [7, 11) is 0. The number of allylic oxidation sites excluding steroid dienone is 2. The molecule has 4 aliphatic rings. The number of rotatable bonds is 4. The van der Waals surface area contributed by atoms with Crippen LogP contribution in [0.25, 0.3) is 34.4 Å². The predicted octanol–water partition coefficient (Wildman–Crippen LogP) is 11.8. The topological polar surface area (TPSA) is 0 Å². The van der Waals surface area contributed by atoms with Crippen LogP contribution in [-0.2, 0) is 26.3 Å². The van der Waals surface area contributed by atoms with Gasteiger partial charge in [-0.3, -0.25) is 0 Å². The molecule has 0 radical (unpaired) electrons. The fourth-order valence-electron chi connectivity index (χ4n) is 10.4. The summed E-state index contributed by atoms with van der Waals surface area (Å²) in [5.74, 6) is 1.11. The Morgan fingerprint density at radius 3 is 1.33 bits per heavy atom. The summed E-state index contributed by atoms with van der Waals surface area (Å²) in [6, 6.07) is 33.2. The number of hydrogen-bond acceptors (Lipinski definition) is 0. The Hall–Kier alpha value is -2.77. The van der Waals surface area contributed by atoms with Crippen molar-refractivity contribution < 1.29 is 20.0 Å². The molecule has 0 bridgehead atoms. The van der Waals surface area contributed by atoms with Crippen molar-refractivity contribution in [3.63, 3.8) is 0 Å². The molecule has 0 aromatic heterocycles. The molecule has 0 amide bonds. The van der Waals surface area contributed by atoms with Crippen molar-refractivity contribution in [2.45, 2.75) is 74.5 Å². The summed E-state index contributed by atoms with van der Waals surface area (Å²) in [4.78, 5) is 0. The van der Waals surface area contributed by atoms with Crippen molar-refractivity contribution >= 4 is 12.2 Å². The van der Waals surface area contributed by atoms with E-state index in [9.17, 15) is 0 Å². The third-order valence-corrected chi connectivity index (χ3v) is 33.3. The van der Waals surface area contributed by atoms with E-state index in [0.717, 1.165) is 0 Å². The first kappa shape index (κ1) is 27.8. The molecule has 0 nitrogen and oxygen atoms in total. The molecule has 1 saturated heterocycles. The van der Waals surface area contributed by atoms with Crippen LogP contribution >= 0.6 is 0 Å². The first-order valence-electron chi connectivity index (χ1n) is 16.5. The average Bonchev–Trinajstić information content (AvgIpc) is 3.60. The second kappa shape index (κ2) is 9.37. The Labute approximate surface area is 263 Å². The monoisotopic (exact) mass is 728 g/mol. The van der Waals surface area contributed by atoms with E-state index in [2.05, 4.69) is 146 Å².